The third-order valence-electron chi connectivity index (χ3n) is 3.95. The summed E-state index contributed by atoms with van der Waals surface area (Å²) in [5.41, 5.74) is 0. The van der Waals surface area contributed by atoms with Crippen molar-refractivity contribution >= 4 is 5.91 Å². The summed E-state index contributed by atoms with van der Waals surface area (Å²) in [7, 11) is 2.08. The lowest BCUT2D eigenvalue weighted by Gasteiger charge is -2.42. The number of nitrogens with zero attached hydrogens (tertiary/aromatic N) is 2. The summed E-state index contributed by atoms with van der Waals surface area (Å²) in [6, 6.07) is 0. The summed E-state index contributed by atoms with van der Waals surface area (Å²) in [4.78, 5) is 16.2. The van der Waals surface area contributed by atoms with E-state index in [1.54, 1.807) is 0 Å². The van der Waals surface area contributed by atoms with E-state index in [-0.39, 0.29) is 12.0 Å². The molecule has 17 heavy (non-hydrogen) atoms. The number of carbonyl (C=O) groups is 1. The minimum absolute atomic E-state index is 0.0966. The quantitative estimate of drug-likeness (QED) is 0.732. The van der Waals surface area contributed by atoms with Gasteiger partial charge in [-0.3, -0.25) is 4.79 Å². The minimum Gasteiger partial charge on any atom is -0.375 e. The third kappa shape index (κ3) is 3.19. The molecule has 2 fully saturated rings. The van der Waals surface area contributed by atoms with Crippen LogP contribution in [0, 0.1) is 11.8 Å². The van der Waals surface area contributed by atoms with Gasteiger partial charge in [0.05, 0.1) is 19.1 Å². The molecule has 2 aliphatic heterocycles. The smallest absolute Gasteiger partial charge is 0.225 e. The standard InChI is InChI=1S/C13H24N2O2/c1-10(2)11-7-15(8-11)13(16)6-12-9-14(3)4-5-17-12/h10-12H,4-9H2,1-3H3. The molecule has 1 atom stereocenters. The second kappa shape index (κ2) is 5.36. The van der Waals surface area contributed by atoms with Gasteiger partial charge in [-0.1, -0.05) is 13.8 Å². The van der Waals surface area contributed by atoms with Crippen LogP contribution in [0.3, 0.4) is 0 Å². The zero-order valence-electron chi connectivity index (χ0n) is 11.2. The molecule has 0 aromatic heterocycles. The van der Waals surface area contributed by atoms with E-state index in [4.69, 9.17) is 4.74 Å². The second-order valence-corrected chi connectivity index (χ2v) is 5.76. The Morgan fingerprint density at radius 2 is 2.06 bits per heavy atom. The van der Waals surface area contributed by atoms with Crippen molar-refractivity contribution in [1.29, 1.82) is 0 Å². The Kier molecular flexibility index (Phi) is 4.05. The number of rotatable bonds is 3. The van der Waals surface area contributed by atoms with Crippen LogP contribution in [0.1, 0.15) is 20.3 Å². The largest absolute Gasteiger partial charge is 0.375 e. The molecule has 4 heteroatoms. The second-order valence-electron chi connectivity index (χ2n) is 5.76. The highest BCUT2D eigenvalue weighted by Crippen LogP contribution is 2.24. The number of likely N-dealkylation sites (tertiary alicyclic amines) is 1. The Labute approximate surface area is 104 Å². The molecule has 0 spiro atoms. The minimum atomic E-state index is 0.0966. The molecule has 0 saturated carbocycles. The van der Waals surface area contributed by atoms with Crippen molar-refractivity contribution in [1.82, 2.24) is 9.80 Å². The molecule has 4 nitrogen and oxygen atoms in total. The third-order valence-corrected chi connectivity index (χ3v) is 3.95. The number of amides is 1. The zero-order chi connectivity index (χ0) is 12.4. The number of morpholine rings is 1. The van der Waals surface area contributed by atoms with E-state index in [9.17, 15) is 4.79 Å². The summed E-state index contributed by atoms with van der Waals surface area (Å²) < 4.78 is 5.62. The summed E-state index contributed by atoms with van der Waals surface area (Å²) in [6.07, 6.45) is 0.647. The van der Waals surface area contributed by atoms with E-state index in [0.29, 0.717) is 18.3 Å². The first-order valence-corrected chi connectivity index (χ1v) is 6.64. The van der Waals surface area contributed by atoms with Crippen LogP contribution in [0.2, 0.25) is 0 Å². The van der Waals surface area contributed by atoms with Crippen molar-refractivity contribution in [2.75, 3.05) is 39.8 Å². The van der Waals surface area contributed by atoms with Crippen molar-refractivity contribution in [2.24, 2.45) is 11.8 Å². The van der Waals surface area contributed by atoms with Gasteiger partial charge in [0.25, 0.3) is 0 Å². The highest BCUT2D eigenvalue weighted by atomic mass is 16.5. The topological polar surface area (TPSA) is 32.8 Å². The molecule has 0 bridgehead atoms. The fourth-order valence-electron chi connectivity index (χ4n) is 2.45. The Balaban J connectivity index is 1.71. The molecule has 0 aromatic rings. The molecular weight excluding hydrogens is 216 g/mol. The molecule has 0 radical (unpaired) electrons. The Morgan fingerprint density at radius 3 is 2.65 bits per heavy atom. The van der Waals surface area contributed by atoms with Gasteiger partial charge in [0.1, 0.15) is 0 Å². The molecule has 1 unspecified atom stereocenters. The van der Waals surface area contributed by atoms with Crippen LogP contribution in [-0.4, -0.2) is 61.6 Å². The lowest BCUT2D eigenvalue weighted by Crippen LogP contribution is -2.53. The first-order chi connectivity index (χ1) is 8.06. The fraction of sp³-hybridized carbons (Fsp3) is 0.923. The lowest BCUT2D eigenvalue weighted by molar-refractivity contribution is -0.143. The van der Waals surface area contributed by atoms with Gasteiger partial charge in [-0.05, 0) is 18.9 Å². The molecule has 2 heterocycles. The number of hydrogen-bond donors (Lipinski definition) is 0. The van der Waals surface area contributed by atoms with Gasteiger partial charge in [0.15, 0.2) is 0 Å². The van der Waals surface area contributed by atoms with Crippen LogP contribution in [-0.2, 0) is 9.53 Å². The Hall–Kier alpha value is -0.610. The maximum absolute atomic E-state index is 12.0. The monoisotopic (exact) mass is 240 g/mol. The molecule has 0 aromatic carbocycles. The van der Waals surface area contributed by atoms with Gasteiger partial charge < -0.3 is 14.5 Å². The summed E-state index contributed by atoms with van der Waals surface area (Å²) in [5, 5.41) is 0. The van der Waals surface area contributed by atoms with E-state index in [0.717, 1.165) is 32.8 Å². The Bertz CT molecular complexity index is 275. The number of hydrogen-bond acceptors (Lipinski definition) is 3. The molecule has 1 amide bonds. The molecular formula is C13H24N2O2. The lowest BCUT2D eigenvalue weighted by atomic mass is 9.88. The molecule has 2 aliphatic rings. The molecule has 0 N–H and O–H groups in total. The maximum atomic E-state index is 12.0. The van der Waals surface area contributed by atoms with Crippen molar-refractivity contribution in [3.63, 3.8) is 0 Å². The zero-order valence-corrected chi connectivity index (χ0v) is 11.2. The van der Waals surface area contributed by atoms with Gasteiger partial charge in [-0.15, -0.1) is 0 Å². The van der Waals surface area contributed by atoms with Gasteiger partial charge in [-0.25, -0.2) is 0 Å². The number of likely N-dealkylation sites (N-methyl/N-ethyl adjacent to an activating group) is 1. The van der Waals surface area contributed by atoms with Crippen molar-refractivity contribution < 1.29 is 9.53 Å². The van der Waals surface area contributed by atoms with E-state index in [2.05, 4.69) is 25.8 Å². The highest BCUT2D eigenvalue weighted by molar-refractivity contribution is 5.77. The van der Waals surface area contributed by atoms with Gasteiger partial charge in [0.2, 0.25) is 5.91 Å². The van der Waals surface area contributed by atoms with E-state index < -0.39 is 0 Å². The number of carbonyl (C=O) groups excluding carboxylic acids is 1. The average molecular weight is 240 g/mol. The van der Waals surface area contributed by atoms with Crippen molar-refractivity contribution in [2.45, 2.75) is 26.4 Å². The van der Waals surface area contributed by atoms with E-state index >= 15 is 0 Å². The molecule has 98 valence electrons. The normalized spacial score (nSPS) is 27.3. The maximum Gasteiger partial charge on any atom is 0.225 e. The van der Waals surface area contributed by atoms with Gasteiger partial charge >= 0.3 is 0 Å². The average Bonchev–Trinajstić information content (AvgIpc) is 2.13. The number of ether oxygens (including phenoxy) is 1. The van der Waals surface area contributed by atoms with Crippen LogP contribution in [0.5, 0.6) is 0 Å². The Morgan fingerprint density at radius 1 is 1.35 bits per heavy atom. The predicted octanol–water partition coefficient (Wildman–Crippen LogP) is 0.821. The van der Waals surface area contributed by atoms with E-state index in [1.807, 2.05) is 4.90 Å². The highest BCUT2D eigenvalue weighted by Gasteiger charge is 2.33. The summed E-state index contributed by atoms with van der Waals surface area (Å²) in [5.74, 6) is 1.66. The molecule has 2 rings (SSSR count). The molecule has 2 saturated heterocycles. The van der Waals surface area contributed by atoms with Crippen LogP contribution < -0.4 is 0 Å². The van der Waals surface area contributed by atoms with Crippen molar-refractivity contribution in [3.05, 3.63) is 0 Å². The van der Waals surface area contributed by atoms with E-state index in [1.165, 1.54) is 0 Å². The fourth-order valence-corrected chi connectivity index (χ4v) is 2.45. The van der Waals surface area contributed by atoms with Crippen molar-refractivity contribution in [3.8, 4) is 0 Å². The van der Waals surface area contributed by atoms with Gasteiger partial charge in [-0.2, -0.15) is 0 Å². The molecule has 0 aliphatic carbocycles. The first kappa shape index (κ1) is 12.8. The SMILES string of the molecule is CC(C)C1CN(C(=O)CC2CN(C)CCO2)C1. The summed E-state index contributed by atoms with van der Waals surface area (Å²) in [6.45, 7) is 8.95. The summed E-state index contributed by atoms with van der Waals surface area (Å²) >= 11 is 0. The first-order valence-electron chi connectivity index (χ1n) is 6.64. The van der Waals surface area contributed by atoms with Crippen LogP contribution >= 0.6 is 0 Å². The van der Waals surface area contributed by atoms with Crippen LogP contribution in [0.4, 0.5) is 0 Å². The van der Waals surface area contributed by atoms with Crippen LogP contribution in [0.25, 0.3) is 0 Å². The predicted molar refractivity (Wildman–Crippen MR) is 66.8 cm³/mol. The van der Waals surface area contributed by atoms with Crippen LogP contribution in [0.15, 0.2) is 0 Å². The van der Waals surface area contributed by atoms with Gasteiger partial charge in [0, 0.05) is 26.2 Å².